The summed E-state index contributed by atoms with van der Waals surface area (Å²) in [7, 11) is -3.61. The molecule has 102 valence electrons. The first kappa shape index (κ1) is 14.3. The molecule has 1 aromatic rings. The van der Waals surface area contributed by atoms with Gasteiger partial charge in [-0.15, -0.1) is 0 Å². The fraction of sp³-hybridized carbons (Fsp3) is 0.417. The molecule has 2 unspecified atom stereocenters. The van der Waals surface area contributed by atoms with Gasteiger partial charge < -0.3 is 5.73 Å². The lowest BCUT2D eigenvalue weighted by atomic mass is 10.2. The molecule has 1 aliphatic heterocycles. The minimum atomic E-state index is -3.61. The Hall–Kier alpha value is -1.13. The van der Waals surface area contributed by atoms with E-state index < -0.39 is 10.0 Å². The van der Waals surface area contributed by atoms with Crippen LogP contribution in [-0.4, -0.2) is 31.4 Å². The van der Waals surface area contributed by atoms with Crippen molar-refractivity contribution >= 4 is 21.6 Å². The lowest BCUT2D eigenvalue weighted by Gasteiger charge is -2.22. The largest absolute Gasteiger partial charge is 0.326 e. The Morgan fingerprint density at radius 3 is 2.68 bits per heavy atom. The van der Waals surface area contributed by atoms with Crippen molar-refractivity contribution in [2.24, 2.45) is 5.73 Å². The van der Waals surface area contributed by atoms with Crippen molar-refractivity contribution in [2.75, 3.05) is 6.54 Å². The molecule has 19 heavy (non-hydrogen) atoms. The fourth-order valence-electron chi connectivity index (χ4n) is 2.16. The van der Waals surface area contributed by atoms with Gasteiger partial charge in [0.05, 0.1) is 15.5 Å². The fourth-order valence-corrected chi connectivity index (χ4v) is 4.16. The Labute approximate surface area is 117 Å². The summed E-state index contributed by atoms with van der Waals surface area (Å²) in [5.41, 5.74) is 6.10. The second-order valence-corrected chi connectivity index (χ2v) is 6.86. The lowest BCUT2D eigenvalue weighted by molar-refractivity contribution is 0.393. The van der Waals surface area contributed by atoms with Gasteiger partial charge in [-0.05, 0) is 31.5 Å². The molecule has 0 saturated carbocycles. The summed E-state index contributed by atoms with van der Waals surface area (Å²) in [5, 5.41) is 8.93. The van der Waals surface area contributed by atoms with E-state index in [1.54, 1.807) is 6.92 Å². The Morgan fingerprint density at radius 1 is 1.53 bits per heavy atom. The third-order valence-corrected chi connectivity index (χ3v) is 5.72. The molecule has 2 atom stereocenters. The van der Waals surface area contributed by atoms with E-state index in [9.17, 15) is 8.42 Å². The molecule has 0 aliphatic carbocycles. The summed E-state index contributed by atoms with van der Waals surface area (Å²) >= 11 is 5.88. The predicted octanol–water partition coefficient (Wildman–Crippen LogP) is 1.32. The van der Waals surface area contributed by atoms with E-state index in [0.29, 0.717) is 13.0 Å². The van der Waals surface area contributed by atoms with Crippen LogP contribution in [0.3, 0.4) is 0 Å². The van der Waals surface area contributed by atoms with Crippen molar-refractivity contribution in [1.29, 1.82) is 5.26 Å². The number of rotatable bonds is 2. The Morgan fingerprint density at radius 2 is 2.21 bits per heavy atom. The zero-order valence-electron chi connectivity index (χ0n) is 10.4. The predicted molar refractivity (Wildman–Crippen MR) is 72.1 cm³/mol. The molecule has 0 radical (unpaired) electrons. The maximum atomic E-state index is 12.5. The molecule has 1 aromatic carbocycles. The minimum absolute atomic E-state index is 0.0949. The van der Waals surface area contributed by atoms with Crippen molar-refractivity contribution < 1.29 is 8.42 Å². The number of hydrogen-bond donors (Lipinski definition) is 1. The van der Waals surface area contributed by atoms with Gasteiger partial charge in [-0.3, -0.25) is 0 Å². The lowest BCUT2D eigenvalue weighted by Crippen LogP contribution is -2.40. The first-order valence-corrected chi connectivity index (χ1v) is 7.67. The minimum Gasteiger partial charge on any atom is -0.326 e. The zero-order valence-corrected chi connectivity index (χ0v) is 11.9. The molecule has 1 aliphatic rings. The van der Waals surface area contributed by atoms with Gasteiger partial charge in [0.15, 0.2) is 0 Å². The molecule has 7 heteroatoms. The number of halogens is 1. The standard InChI is InChI=1S/C12H14ClN3O2S/c1-8-12(15)4-5-16(8)19(17,18)10-3-2-9(7-14)11(13)6-10/h2-3,6,8,12H,4-5,15H2,1H3. The Balaban J connectivity index is 2.41. The number of benzene rings is 1. The highest BCUT2D eigenvalue weighted by molar-refractivity contribution is 7.89. The highest BCUT2D eigenvalue weighted by atomic mass is 35.5. The van der Waals surface area contributed by atoms with E-state index in [2.05, 4.69) is 0 Å². The van der Waals surface area contributed by atoms with E-state index in [1.165, 1.54) is 22.5 Å². The van der Waals surface area contributed by atoms with E-state index in [-0.39, 0.29) is 27.6 Å². The second kappa shape index (κ2) is 5.10. The topological polar surface area (TPSA) is 87.2 Å². The van der Waals surface area contributed by atoms with Gasteiger partial charge in [-0.2, -0.15) is 9.57 Å². The summed E-state index contributed by atoms with van der Waals surface area (Å²) < 4.78 is 26.3. The van der Waals surface area contributed by atoms with Gasteiger partial charge in [0.2, 0.25) is 10.0 Å². The molecule has 2 N–H and O–H groups in total. The van der Waals surface area contributed by atoms with E-state index >= 15 is 0 Å². The molecule has 0 spiro atoms. The van der Waals surface area contributed by atoms with Gasteiger partial charge in [0.25, 0.3) is 0 Å². The quantitative estimate of drug-likeness (QED) is 0.892. The number of hydrogen-bond acceptors (Lipinski definition) is 4. The number of nitrogens with two attached hydrogens (primary N) is 1. The summed E-state index contributed by atoms with van der Waals surface area (Å²) in [6, 6.07) is 5.64. The van der Waals surface area contributed by atoms with Crippen LogP contribution in [0, 0.1) is 11.3 Å². The maximum absolute atomic E-state index is 12.5. The van der Waals surface area contributed by atoms with E-state index in [1.807, 2.05) is 6.07 Å². The van der Waals surface area contributed by atoms with Crippen molar-refractivity contribution in [2.45, 2.75) is 30.3 Å². The molecular formula is C12H14ClN3O2S. The van der Waals surface area contributed by atoms with Crippen molar-refractivity contribution in [3.05, 3.63) is 28.8 Å². The van der Waals surface area contributed by atoms with Crippen LogP contribution in [-0.2, 0) is 10.0 Å². The average Bonchev–Trinajstić information content (AvgIpc) is 2.70. The van der Waals surface area contributed by atoms with Crippen LogP contribution in [0.5, 0.6) is 0 Å². The zero-order chi connectivity index (χ0) is 14.2. The number of sulfonamides is 1. The number of nitriles is 1. The van der Waals surface area contributed by atoms with Gasteiger partial charge >= 0.3 is 0 Å². The molecule has 1 fully saturated rings. The van der Waals surface area contributed by atoms with Crippen LogP contribution in [0.4, 0.5) is 0 Å². The van der Waals surface area contributed by atoms with Gasteiger partial charge in [0.1, 0.15) is 6.07 Å². The molecule has 0 aromatic heterocycles. The summed E-state index contributed by atoms with van der Waals surface area (Å²) in [5.74, 6) is 0. The summed E-state index contributed by atoms with van der Waals surface area (Å²) in [6.07, 6.45) is 0.643. The van der Waals surface area contributed by atoms with Crippen LogP contribution in [0.15, 0.2) is 23.1 Å². The van der Waals surface area contributed by atoms with Gasteiger partial charge in [-0.25, -0.2) is 8.42 Å². The molecule has 2 rings (SSSR count). The number of nitrogens with zero attached hydrogens (tertiary/aromatic N) is 2. The molecule has 0 bridgehead atoms. The van der Waals surface area contributed by atoms with E-state index in [4.69, 9.17) is 22.6 Å². The maximum Gasteiger partial charge on any atom is 0.243 e. The Kier molecular flexibility index (Phi) is 3.83. The third-order valence-electron chi connectivity index (χ3n) is 3.42. The Bertz CT molecular complexity index is 639. The molecule has 1 saturated heterocycles. The monoisotopic (exact) mass is 299 g/mol. The van der Waals surface area contributed by atoms with Crippen LogP contribution in [0.1, 0.15) is 18.9 Å². The third kappa shape index (κ3) is 2.47. The van der Waals surface area contributed by atoms with Crippen molar-refractivity contribution in [3.63, 3.8) is 0 Å². The smallest absolute Gasteiger partial charge is 0.243 e. The summed E-state index contributed by atoms with van der Waals surface area (Å²) in [6.45, 7) is 2.20. The molecular weight excluding hydrogens is 286 g/mol. The second-order valence-electron chi connectivity index (χ2n) is 4.56. The van der Waals surface area contributed by atoms with Crippen LogP contribution in [0.25, 0.3) is 0 Å². The SMILES string of the molecule is CC1C(N)CCN1S(=O)(=O)c1ccc(C#N)c(Cl)c1. The van der Waals surface area contributed by atoms with Crippen LogP contribution < -0.4 is 5.73 Å². The van der Waals surface area contributed by atoms with Crippen LogP contribution in [0.2, 0.25) is 5.02 Å². The van der Waals surface area contributed by atoms with E-state index in [0.717, 1.165) is 0 Å². The van der Waals surface area contributed by atoms with Crippen molar-refractivity contribution in [3.8, 4) is 6.07 Å². The van der Waals surface area contributed by atoms with Crippen LogP contribution >= 0.6 is 11.6 Å². The molecule has 5 nitrogen and oxygen atoms in total. The normalized spacial score (nSPS) is 24.3. The van der Waals surface area contributed by atoms with Gasteiger partial charge in [0, 0.05) is 18.6 Å². The molecule has 0 amide bonds. The summed E-state index contributed by atoms with van der Waals surface area (Å²) in [4.78, 5) is 0.0949. The highest BCUT2D eigenvalue weighted by Crippen LogP contribution is 2.27. The highest BCUT2D eigenvalue weighted by Gasteiger charge is 2.37. The van der Waals surface area contributed by atoms with Gasteiger partial charge in [-0.1, -0.05) is 11.6 Å². The first-order valence-electron chi connectivity index (χ1n) is 5.85. The molecule has 1 heterocycles. The first-order chi connectivity index (χ1) is 8.87. The van der Waals surface area contributed by atoms with Crippen molar-refractivity contribution in [1.82, 2.24) is 4.31 Å². The average molecular weight is 300 g/mol.